The Labute approximate surface area is 145 Å². The third-order valence-electron chi connectivity index (χ3n) is 4.22. The zero-order valence-electron chi connectivity index (χ0n) is 13.6. The molecule has 0 aliphatic carbocycles. The van der Waals surface area contributed by atoms with Crippen LogP contribution < -0.4 is 5.32 Å². The summed E-state index contributed by atoms with van der Waals surface area (Å²) < 4.78 is 13.7. The van der Waals surface area contributed by atoms with Gasteiger partial charge in [0.1, 0.15) is 5.82 Å². The van der Waals surface area contributed by atoms with Gasteiger partial charge in [-0.15, -0.1) is 11.3 Å². The highest BCUT2D eigenvalue weighted by molar-refractivity contribution is 7.09. The summed E-state index contributed by atoms with van der Waals surface area (Å²) in [6.45, 7) is 5.04. The zero-order chi connectivity index (χ0) is 16.8. The Morgan fingerprint density at radius 2 is 1.83 bits per heavy atom. The lowest BCUT2D eigenvalue weighted by Crippen LogP contribution is -2.49. The number of rotatable bonds is 6. The van der Waals surface area contributed by atoms with Gasteiger partial charge in [-0.1, -0.05) is 24.3 Å². The van der Waals surface area contributed by atoms with E-state index in [1.807, 2.05) is 29.6 Å². The number of hydrogen-bond donors (Lipinski definition) is 1. The van der Waals surface area contributed by atoms with Crippen LogP contribution in [-0.2, 0) is 17.9 Å². The molecule has 6 heteroatoms. The molecule has 0 atom stereocenters. The Morgan fingerprint density at radius 1 is 1.08 bits per heavy atom. The van der Waals surface area contributed by atoms with E-state index < -0.39 is 0 Å². The van der Waals surface area contributed by atoms with E-state index in [0.717, 1.165) is 36.6 Å². The highest BCUT2D eigenvalue weighted by atomic mass is 32.1. The number of halogens is 1. The van der Waals surface area contributed by atoms with Gasteiger partial charge in [0.05, 0.1) is 13.1 Å². The number of hydrogen-bond acceptors (Lipinski definition) is 4. The maximum Gasteiger partial charge on any atom is 0.234 e. The monoisotopic (exact) mass is 347 g/mol. The van der Waals surface area contributed by atoms with Crippen molar-refractivity contribution in [2.75, 3.05) is 32.7 Å². The number of thiophene rings is 1. The summed E-state index contributed by atoms with van der Waals surface area (Å²) in [5.74, 6) is -0.0844. The third kappa shape index (κ3) is 4.87. The van der Waals surface area contributed by atoms with Crippen LogP contribution in [0, 0.1) is 5.82 Å². The van der Waals surface area contributed by atoms with Crippen molar-refractivity contribution in [1.82, 2.24) is 15.1 Å². The van der Waals surface area contributed by atoms with Crippen LogP contribution in [0.1, 0.15) is 10.4 Å². The van der Waals surface area contributed by atoms with Crippen molar-refractivity contribution in [3.63, 3.8) is 0 Å². The van der Waals surface area contributed by atoms with Crippen LogP contribution in [0.15, 0.2) is 41.8 Å². The van der Waals surface area contributed by atoms with Gasteiger partial charge in [-0.25, -0.2) is 4.39 Å². The van der Waals surface area contributed by atoms with E-state index in [1.165, 1.54) is 6.07 Å². The molecule has 3 rings (SSSR count). The van der Waals surface area contributed by atoms with Crippen molar-refractivity contribution < 1.29 is 9.18 Å². The van der Waals surface area contributed by atoms with E-state index in [1.54, 1.807) is 17.4 Å². The first-order valence-corrected chi connectivity index (χ1v) is 9.06. The van der Waals surface area contributed by atoms with Crippen molar-refractivity contribution in [2.24, 2.45) is 0 Å². The summed E-state index contributed by atoms with van der Waals surface area (Å²) >= 11 is 1.65. The molecule has 128 valence electrons. The van der Waals surface area contributed by atoms with E-state index in [-0.39, 0.29) is 11.7 Å². The van der Waals surface area contributed by atoms with Crippen molar-refractivity contribution >= 4 is 17.2 Å². The van der Waals surface area contributed by atoms with E-state index in [0.29, 0.717) is 19.6 Å². The summed E-state index contributed by atoms with van der Waals surface area (Å²) in [6.07, 6.45) is 0. The molecule has 0 saturated carbocycles. The van der Waals surface area contributed by atoms with Gasteiger partial charge in [-0.3, -0.25) is 14.6 Å². The molecule has 1 N–H and O–H groups in total. The molecule has 2 aromatic rings. The van der Waals surface area contributed by atoms with Gasteiger partial charge >= 0.3 is 0 Å². The quantitative estimate of drug-likeness (QED) is 0.871. The molecule has 1 aliphatic rings. The number of benzene rings is 1. The van der Waals surface area contributed by atoms with Gasteiger partial charge < -0.3 is 5.32 Å². The second kappa shape index (κ2) is 8.37. The fraction of sp³-hybridized carbons (Fsp3) is 0.389. The normalized spacial score (nSPS) is 16.2. The van der Waals surface area contributed by atoms with Crippen LogP contribution in [0.4, 0.5) is 4.39 Å². The molecule has 2 heterocycles. The molecular weight excluding hydrogens is 325 g/mol. The molecule has 1 aliphatic heterocycles. The minimum absolute atomic E-state index is 0.0611. The molecule has 0 radical (unpaired) electrons. The predicted molar refractivity (Wildman–Crippen MR) is 94.3 cm³/mol. The number of piperazine rings is 1. The van der Waals surface area contributed by atoms with Gasteiger partial charge in [0.2, 0.25) is 5.91 Å². The molecule has 24 heavy (non-hydrogen) atoms. The molecule has 1 fully saturated rings. The van der Waals surface area contributed by atoms with Crippen LogP contribution in [0.25, 0.3) is 0 Å². The Kier molecular flexibility index (Phi) is 5.96. The van der Waals surface area contributed by atoms with E-state index in [4.69, 9.17) is 0 Å². The SMILES string of the molecule is O=C(CN1CCN(Cc2ccccc2F)CC1)NCc1cccs1. The fourth-order valence-electron chi connectivity index (χ4n) is 2.83. The van der Waals surface area contributed by atoms with Crippen LogP contribution in [0.3, 0.4) is 0 Å². The van der Waals surface area contributed by atoms with Crippen LogP contribution >= 0.6 is 11.3 Å². The highest BCUT2D eigenvalue weighted by Crippen LogP contribution is 2.12. The summed E-state index contributed by atoms with van der Waals surface area (Å²) in [6, 6.07) is 10.9. The average molecular weight is 347 g/mol. The number of carbonyl (C=O) groups is 1. The predicted octanol–water partition coefficient (Wildman–Crippen LogP) is 2.32. The van der Waals surface area contributed by atoms with Gasteiger partial charge in [0.25, 0.3) is 0 Å². The first-order chi connectivity index (χ1) is 11.7. The average Bonchev–Trinajstić information content (AvgIpc) is 3.10. The van der Waals surface area contributed by atoms with Crippen molar-refractivity contribution in [3.05, 3.63) is 58.0 Å². The molecule has 1 amide bonds. The van der Waals surface area contributed by atoms with Crippen molar-refractivity contribution in [2.45, 2.75) is 13.1 Å². The Balaban J connectivity index is 1.39. The summed E-state index contributed by atoms with van der Waals surface area (Å²) in [4.78, 5) is 17.6. The van der Waals surface area contributed by atoms with Crippen molar-refractivity contribution in [3.8, 4) is 0 Å². The molecule has 0 bridgehead atoms. The minimum atomic E-state index is -0.145. The lowest BCUT2D eigenvalue weighted by molar-refractivity contribution is -0.122. The first kappa shape index (κ1) is 17.1. The fourth-order valence-corrected chi connectivity index (χ4v) is 3.48. The number of nitrogens with one attached hydrogen (secondary N) is 1. The lowest BCUT2D eigenvalue weighted by Gasteiger charge is -2.34. The van der Waals surface area contributed by atoms with Gasteiger partial charge in [0, 0.05) is 43.2 Å². The minimum Gasteiger partial charge on any atom is -0.350 e. The molecule has 1 saturated heterocycles. The Hall–Kier alpha value is -1.76. The summed E-state index contributed by atoms with van der Waals surface area (Å²) in [5.41, 5.74) is 0.736. The zero-order valence-corrected chi connectivity index (χ0v) is 14.4. The molecule has 4 nitrogen and oxygen atoms in total. The van der Waals surface area contributed by atoms with E-state index in [9.17, 15) is 9.18 Å². The standard InChI is InChI=1S/C18H22FN3OS/c19-17-6-2-1-4-15(17)13-21-7-9-22(10-8-21)14-18(23)20-12-16-5-3-11-24-16/h1-6,11H,7-10,12-14H2,(H,20,23). The maximum atomic E-state index is 13.7. The van der Waals surface area contributed by atoms with E-state index >= 15 is 0 Å². The second-order valence-electron chi connectivity index (χ2n) is 6.00. The number of carbonyl (C=O) groups excluding carboxylic acids is 1. The summed E-state index contributed by atoms with van der Waals surface area (Å²) in [5, 5.41) is 4.97. The van der Waals surface area contributed by atoms with Crippen molar-refractivity contribution in [1.29, 1.82) is 0 Å². The first-order valence-electron chi connectivity index (χ1n) is 8.18. The van der Waals surface area contributed by atoms with Gasteiger partial charge in [-0.05, 0) is 17.5 Å². The highest BCUT2D eigenvalue weighted by Gasteiger charge is 2.19. The molecule has 0 spiro atoms. The molecule has 1 aromatic carbocycles. The number of amides is 1. The second-order valence-corrected chi connectivity index (χ2v) is 7.03. The topological polar surface area (TPSA) is 35.6 Å². The Bertz CT molecular complexity index is 654. The smallest absolute Gasteiger partial charge is 0.234 e. The van der Waals surface area contributed by atoms with E-state index in [2.05, 4.69) is 15.1 Å². The number of nitrogens with zero attached hydrogens (tertiary/aromatic N) is 2. The Morgan fingerprint density at radius 3 is 2.54 bits per heavy atom. The van der Waals surface area contributed by atoms with Crippen LogP contribution in [0.2, 0.25) is 0 Å². The molecular formula is C18H22FN3OS. The van der Waals surface area contributed by atoms with Gasteiger partial charge in [-0.2, -0.15) is 0 Å². The lowest BCUT2D eigenvalue weighted by atomic mass is 10.2. The molecule has 0 unspecified atom stereocenters. The molecule has 1 aromatic heterocycles. The largest absolute Gasteiger partial charge is 0.350 e. The van der Waals surface area contributed by atoms with Gasteiger partial charge in [0.15, 0.2) is 0 Å². The summed E-state index contributed by atoms with van der Waals surface area (Å²) in [7, 11) is 0. The third-order valence-corrected chi connectivity index (χ3v) is 5.10. The maximum absolute atomic E-state index is 13.7. The van der Waals surface area contributed by atoms with Crippen LogP contribution in [0.5, 0.6) is 0 Å². The van der Waals surface area contributed by atoms with Crippen LogP contribution in [-0.4, -0.2) is 48.4 Å².